The van der Waals surface area contributed by atoms with E-state index < -0.39 is 5.79 Å². The van der Waals surface area contributed by atoms with Crippen molar-refractivity contribution in [1.29, 1.82) is 0 Å². The Kier molecular flexibility index (Phi) is 3.30. The minimum absolute atomic E-state index is 0.0669. The van der Waals surface area contributed by atoms with Gasteiger partial charge in [-0.3, -0.25) is 4.79 Å². The second-order valence-electron chi connectivity index (χ2n) is 5.60. The molecule has 0 atom stereocenters. The molecule has 0 unspecified atom stereocenters. The SMILES string of the molecule is CCCN1C(=O)C2(OCCCO2)c2cc(C)cc(C)c21. The molecule has 0 bridgehead atoms. The van der Waals surface area contributed by atoms with Crippen molar-refractivity contribution in [3.63, 3.8) is 0 Å². The Bertz CT molecular complexity index is 547. The highest BCUT2D eigenvalue weighted by Crippen LogP contribution is 2.47. The topological polar surface area (TPSA) is 38.8 Å². The predicted molar refractivity (Wildman–Crippen MR) is 76.8 cm³/mol. The highest BCUT2D eigenvalue weighted by Gasteiger charge is 2.55. The second-order valence-corrected chi connectivity index (χ2v) is 5.60. The van der Waals surface area contributed by atoms with Crippen molar-refractivity contribution in [3.8, 4) is 0 Å². The Morgan fingerprint density at radius 3 is 2.60 bits per heavy atom. The highest BCUT2D eigenvalue weighted by atomic mass is 16.7. The monoisotopic (exact) mass is 275 g/mol. The first-order chi connectivity index (χ1) is 9.60. The van der Waals surface area contributed by atoms with Crippen molar-refractivity contribution in [3.05, 3.63) is 28.8 Å². The number of hydrogen-bond acceptors (Lipinski definition) is 3. The molecule has 3 rings (SSSR count). The molecular weight excluding hydrogens is 254 g/mol. The Balaban J connectivity index is 2.18. The van der Waals surface area contributed by atoms with Crippen LogP contribution in [0.1, 0.15) is 36.5 Å². The molecule has 2 aliphatic rings. The minimum atomic E-state index is -1.19. The lowest BCUT2D eigenvalue weighted by atomic mass is 10.00. The third kappa shape index (κ3) is 1.79. The Morgan fingerprint density at radius 2 is 1.95 bits per heavy atom. The number of ether oxygens (including phenoxy) is 2. The van der Waals surface area contributed by atoms with Gasteiger partial charge >= 0.3 is 0 Å². The van der Waals surface area contributed by atoms with Gasteiger partial charge in [0.25, 0.3) is 11.7 Å². The summed E-state index contributed by atoms with van der Waals surface area (Å²) in [7, 11) is 0. The summed E-state index contributed by atoms with van der Waals surface area (Å²) in [5.41, 5.74) is 4.10. The fourth-order valence-electron chi connectivity index (χ4n) is 3.21. The Labute approximate surface area is 119 Å². The van der Waals surface area contributed by atoms with Crippen molar-refractivity contribution >= 4 is 11.6 Å². The Morgan fingerprint density at radius 1 is 1.25 bits per heavy atom. The summed E-state index contributed by atoms with van der Waals surface area (Å²) in [6, 6.07) is 4.14. The van der Waals surface area contributed by atoms with Gasteiger partial charge in [-0.05, 0) is 38.3 Å². The van der Waals surface area contributed by atoms with Gasteiger partial charge in [0.2, 0.25) is 0 Å². The summed E-state index contributed by atoms with van der Waals surface area (Å²) in [5, 5.41) is 0. The van der Waals surface area contributed by atoms with Crippen LogP contribution in [0.4, 0.5) is 5.69 Å². The van der Waals surface area contributed by atoms with E-state index in [0.717, 1.165) is 35.2 Å². The molecule has 0 aliphatic carbocycles. The number of amides is 1. The van der Waals surface area contributed by atoms with Gasteiger partial charge in [-0.25, -0.2) is 0 Å². The van der Waals surface area contributed by atoms with Gasteiger partial charge in [0.1, 0.15) is 0 Å². The first kappa shape index (κ1) is 13.6. The summed E-state index contributed by atoms with van der Waals surface area (Å²) in [6.45, 7) is 7.99. The van der Waals surface area contributed by atoms with Gasteiger partial charge in [0.15, 0.2) is 0 Å². The van der Waals surface area contributed by atoms with Gasteiger partial charge < -0.3 is 14.4 Å². The molecule has 1 spiro atoms. The van der Waals surface area contributed by atoms with Crippen LogP contribution in [0.25, 0.3) is 0 Å². The molecule has 2 aliphatic heterocycles. The predicted octanol–water partition coefficient (Wildman–Crippen LogP) is 2.65. The quantitative estimate of drug-likeness (QED) is 0.833. The van der Waals surface area contributed by atoms with Crippen LogP contribution in [-0.2, 0) is 20.1 Å². The normalized spacial score (nSPS) is 20.6. The van der Waals surface area contributed by atoms with E-state index in [1.165, 1.54) is 0 Å². The zero-order valence-electron chi connectivity index (χ0n) is 12.4. The Hall–Kier alpha value is -1.39. The van der Waals surface area contributed by atoms with Crippen molar-refractivity contribution in [1.82, 2.24) is 0 Å². The first-order valence-corrected chi connectivity index (χ1v) is 7.31. The van der Waals surface area contributed by atoms with Gasteiger partial charge in [0.05, 0.1) is 18.9 Å². The first-order valence-electron chi connectivity index (χ1n) is 7.31. The van der Waals surface area contributed by atoms with Gasteiger partial charge in [-0.2, -0.15) is 0 Å². The lowest BCUT2D eigenvalue weighted by Gasteiger charge is -2.32. The van der Waals surface area contributed by atoms with Crippen molar-refractivity contribution < 1.29 is 14.3 Å². The molecule has 1 aromatic carbocycles. The molecule has 1 saturated heterocycles. The molecule has 0 N–H and O–H groups in total. The standard InChI is InChI=1S/C16H21NO3/c1-4-6-17-14-12(3)9-11(2)10-13(14)16(15(17)18)19-7-5-8-20-16/h9-10H,4-8H2,1-3H3. The van der Waals surface area contributed by atoms with Crippen LogP contribution < -0.4 is 4.90 Å². The van der Waals surface area contributed by atoms with E-state index in [1.807, 2.05) is 24.8 Å². The van der Waals surface area contributed by atoms with E-state index in [0.29, 0.717) is 19.8 Å². The molecule has 2 heterocycles. The molecule has 20 heavy (non-hydrogen) atoms. The number of rotatable bonds is 2. The van der Waals surface area contributed by atoms with Crippen LogP contribution in [0.3, 0.4) is 0 Å². The third-order valence-corrected chi connectivity index (χ3v) is 3.94. The van der Waals surface area contributed by atoms with Crippen LogP contribution in [0.2, 0.25) is 0 Å². The fourth-order valence-corrected chi connectivity index (χ4v) is 3.21. The van der Waals surface area contributed by atoms with E-state index >= 15 is 0 Å². The van der Waals surface area contributed by atoms with Crippen LogP contribution in [0, 0.1) is 13.8 Å². The van der Waals surface area contributed by atoms with Crippen LogP contribution in [0.15, 0.2) is 12.1 Å². The fraction of sp³-hybridized carbons (Fsp3) is 0.562. The highest BCUT2D eigenvalue weighted by molar-refractivity contribution is 6.07. The number of aryl methyl sites for hydroxylation is 2. The molecular formula is C16H21NO3. The van der Waals surface area contributed by atoms with Gasteiger partial charge in [-0.15, -0.1) is 0 Å². The smallest absolute Gasteiger partial charge is 0.292 e. The van der Waals surface area contributed by atoms with Crippen LogP contribution in [-0.4, -0.2) is 25.7 Å². The van der Waals surface area contributed by atoms with Crippen LogP contribution >= 0.6 is 0 Å². The van der Waals surface area contributed by atoms with Crippen molar-refractivity contribution in [2.45, 2.75) is 39.4 Å². The summed E-state index contributed by atoms with van der Waals surface area (Å²) in [5.74, 6) is -1.26. The van der Waals surface area contributed by atoms with Gasteiger partial charge in [-0.1, -0.05) is 18.6 Å². The maximum Gasteiger partial charge on any atom is 0.292 e. The minimum Gasteiger partial charge on any atom is -0.338 e. The number of anilines is 1. The second kappa shape index (κ2) is 4.86. The molecule has 1 fully saturated rings. The van der Waals surface area contributed by atoms with E-state index in [4.69, 9.17) is 9.47 Å². The molecule has 1 amide bonds. The molecule has 1 aromatic rings. The van der Waals surface area contributed by atoms with Crippen molar-refractivity contribution in [2.24, 2.45) is 0 Å². The lowest BCUT2D eigenvalue weighted by molar-refractivity contribution is -0.256. The number of benzene rings is 1. The van der Waals surface area contributed by atoms with Gasteiger partial charge in [0, 0.05) is 12.1 Å². The molecule has 0 radical (unpaired) electrons. The third-order valence-electron chi connectivity index (χ3n) is 3.94. The summed E-state index contributed by atoms with van der Waals surface area (Å²) in [6.07, 6.45) is 1.75. The molecule has 0 aromatic heterocycles. The molecule has 4 heteroatoms. The molecule has 108 valence electrons. The number of nitrogens with zero attached hydrogens (tertiary/aromatic N) is 1. The zero-order valence-corrected chi connectivity index (χ0v) is 12.4. The summed E-state index contributed by atoms with van der Waals surface area (Å²) < 4.78 is 11.7. The van der Waals surface area contributed by atoms with E-state index in [9.17, 15) is 4.79 Å². The summed E-state index contributed by atoms with van der Waals surface area (Å²) in [4.78, 5) is 14.7. The lowest BCUT2D eigenvalue weighted by Crippen LogP contribution is -2.47. The molecule has 0 saturated carbocycles. The average molecular weight is 275 g/mol. The van der Waals surface area contributed by atoms with E-state index in [1.54, 1.807) is 0 Å². The summed E-state index contributed by atoms with van der Waals surface area (Å²) >= 11 is 0. The largest absolute Gasteiger partial charge is 0.338 e. The maximum absolute atomic E-state index is 12.9. The number of fused-ring (bicyclic) bond motifs is 2. The maximum atomic E-state index is 12.9. The van der Waals surface area contributed by atoms with Crippen molar-refractivity contribution in [2.75, 3.05) is 24.7 Å². The van der Waals surface area contributed by atoms with E-state index in [2.05, 4.69) is 13.0 Å². The average Bonchev–Trinajstić information content (AvgIpc) is 2.64. The number of hydrogen-bond donors (Lipinski definition) is 0. The van der Waals surface area contributed by atoms with E-state index in [-0.39, 0.29) is 5.91 Å². The number of carbonyl (C=O) groups is 1. The zero-order chi connectivity index (χ0) is 14.3. The number of carbonyl (C=O) groups excluding carboxylic acids is 1. The van der Waals surface area contributed by atoms with Crippen LogP contribution in [0.5, 0.6) is 0 Å². The molecule has 4 nitrogen and oxygen atoms in total.